The zero-order chi connectivity index (χ0) is 40.2. The monoisotopic (exact) mass is 811 g/mol. The highest BCUT2D eigenvalue weighted by Crippen LogP contribution is 2.75. The molecular weight excluding hydrogens is 746 g/mol. The van der Waals surface area contributed by atoms with Crippen LogP contribution in [0.5, 0.6) is 5.75 Å². The van der Waals surface area contributed by atoms with Gasteiger partial charge in [-0.05, 0) is 153 Å². The van der Waals surface area contributed by atoms with Gasteiger partial charge >= 0.3 is 17.9 Å². The van der Waals surface area contributed by atoms with Crippen LogP contribution in [-0.4, -0.2) is 54.5 Å². The molecule has 1 aromatic rings. The molecule has 8 nitrogen and oxygen atoms in total. The summed E-state index contributed by atoms with van der Waals surface area (Å²) in [6, 6.07) is 6.54. The molecule has 310 valence electrons. The van der Waals surface area contributed by atoms with Crippen molar-refractivity contribution in [2.45, 2.75) is 132 Å². The lowest BCUT2D eigenvalue weighted by molar-refractivity contribution is -0.211. The molecule has 0 radical (unpaired) electrons. The van der Waals surface area contributed by atoms with Gasteiger partial charge in [0.25, 0.3) is 0 Å². The topological polar surface area (TPSA) is 122 Å². The van der Waals surface area contributed by atoms with E-state index in [1.54, 1.807) is 36.9 Å². The van der Waals surface area contributed by atoms with Crippen molar-refractivity contribution >= 4 is 53.9 Å². The number of nitrogens with two attached hydrogens (primary N) is 1. The van der Waals surface area contributed by atoms with Crippen LogP contribution in [0.3, 0.4) is 0 Å². The Morgan fingerprint density at radius 2 is 1.62 bits per heavy atom. The Hall–Kier alpha value is -2.62. The molecule has 0 unspecified atom stereocenters. The van der Waals surface area contributed by atoms with Crippen molar-refractivity contribution in [3.05, 3.63) is 47.6 Å². The predicted molar refractivity (Wildman–Crippen MR) is 225 cm³/mol. The number of allylic oxidation sites excluding steroid dienone is 2. The summed E-state index contributed by atoms with van der Waals surface area (Å²) in [7, 11) is 0. The Balaban J connectivity index is 0.00000600. The number of esters is 3. The van der Waals surface area contributed by atoms with E-state index in [9.17, 15) is 19.2 Å². The second-order valence-corrected chi connectivity index (χ2v) is 20.5. The molecule has 0 aromatic heterocycles. The van der Waals surface area contributed by atoms with E-state index in [-0.39, 0.29) is 81.1 Å². The quantitative estimate of drug-likeness (QED) is 0.140. The van der Waals surface area contributed by atoms with E-state index in [4.69, 9.17) is 19.9 Å². The minimum absolute atomic E-state index is 0. The maximum atomic E-state index is 14.9. The highest BCUT2D eigenvalue weighted by Gasteiger charge is 2.70. The highest BCUT2D eigenvalue weighted by atomic mass is 35.5. The third-order valence-electron chi connectivity index (χ3n) is 16.0. The summed E-state index contributed by atoms with van der Waals surface area (Å²) in [4.78, 5) is 53.8. The summed E-state index contributed by atoms with van der Waals surface area (Å²) < 4.78 is 17.2. The van der Waals surface area contributed by atoms with Gasteiger partial charge < -0.3 is 19.9 Å². The van der Waals surface area contributed by atoms with Gasteiger partial charge in [-0.3, -0.25) is 14.4 Å². The largest absolute Gasteiger partial charge is 0.463 e. The summed E-state index contributed by atoms with van der Waals surface area (Å²) >= 11 is 1.68. The van der Waals surface area contributed by atoms with E-state index >= 15 is 0 Å². The average Bonchev–Trinajstić information content (AvgIpc) is 3.13. The minimum Gasteiger partial charge on any atom is -0.463 e. The first kappa shape index (κ1) is 44.5. The van der Waals surface area contributed by atoms with Crippen LogP contribution in [-0.2, 0) is 28.7 Å². The van der Waals surface area contributed by atoms with Crippen molar-refractivity contribution in [2.24, 2.45) is 56.0 Å². The van der Waals surface area contributed by atoms with Crippen molar-refractivity contribution in [1.29, 1.82) is 0 Å². The Bertz CT molecular complexity index is 1740. The molecule has 1 aromatic carbocycles. The van der Waals surface area contributed by atoms with E-state index in [1.165, 1.54) is 11.6 Å². The third kappa shape index (κ3) is 7.56. The number of hydrogen-bond donors (Lipinski definition) is 1. The SMILES string of the molecule is CCOC(=O)/C=C/c1ccc(OC(=O)[C@@]2(C)CC[C@]3(C)CC[C@]4(C)C(=CC(=O)[C@@H]5[C@@]6(C)CC[C@H](OC(=O)[C@@H](N)CCSC)C(C)(C)[C@@H]6CC[C@]54C)[C@H]3C2)cc1.Cl. The number of thioether (sulfide) groups is 1. The molecule has 10 atom stereocenters. The highest BCUT2D eigenvalue weighted by molar-refractivity contribution is 7.98. The fourth-order valence-electron chi connectivity index (χ4n) is 12.4. The molecule has 0 bridgehead atoms. The molecule has 0 amide bonds. The second-order valence-electron chi connectivity index (χ2n) is 19.5. The van der Waals surface area contributed by atoms with Gasteiger partial charge in [-0.2, -0.15) is 11.8 Å². The van der Waals surface area contributed by atoms with E-state index in [1.807, 2.05) is 31.4 Å². The molecule has 0 spiro atoms. The summed E-state index contributed by atoms with van der Waals surface area (Å²) in [6.45, 7) is 18.2. The number of carbonyl (C=O) groups excluding carboxylic acids is 4. The summed E-state index contributed by atoms with van der Waals surface area (Å²) in [5, 5.41) is 0. The number of halogens is 1. The van der Waals surface area contributed by atoms with Gasteiger partial charge in [0.2, 0.25) is 0 Å². The fraction of sp³-hybridized carbons (Fsp3) is 0.696. The zero-order valence-electron chi connectivity index (χ0n) is 35.2. The summed E-state index contributed by atoms with van der Waals surface area (Å²) in [6.07, 6.45) is 15.3. The molecule has 0 saturated heterocycles. The smallest absolute Gasteiger partial charge is 0.330 e. The maximum absolute atomic E-state index is 14.9. The first-order valence-corrected chi connectivity index (χ1v) is 22.1. The molecule has 56 heavy (non-hydrogen) atoms. The van der Waals surface area contributed by atoms with Crippen molar-refractivity contribution in [3.8, 4) is 5.75 Å². The van der Waals surface area contributed by atoms with Crippen LogP contribution in [0.2, 0.25) is 0 Å². The first-order valence-electron chi connectivity index (χ1n) is 20.7. The molecule has 10 heteroatoms. The number of hydrogen-bond acceptors (Lipinski definition) is 9. The van der Waals surface area contributed by atoms with Gasteiger partial charge in [0, 0.05) is 17.4 Å². The lowest BCUT2D eigenvalue weighted by atomic mass is 9.33. The molecule has 0 heterocycles. The van der Waals surface area contributed by atoms with Crippen molar-refractivity contribution < 1.29 is 33.4 Å². The van der Waals surface area contributed by atoms with E-state index in [0.717, 1.165) is 62.7 Å². The Kier molecular flexibility index (Phi) is 12.9. The molecular formula is C46H66ClNO7S. The number of ether oxygens (including phenoxy) is 3. The van der Waals surface area contributed by atoms with Crippen LogP contribution in [0, 0.1) is 50.2 Å². The lowest BCUT2D eigenvalue weighted by Crippen LogP contribution is -2.67. The fourth-order valence-corrected chi connectivity index (χ4v) is 12.9. The van der Waals surface area contributed by atoms with Crippen molar-refractivity contribution in [2.75, 3.05) is 18.6 Å². The molecule has 5 aliphatic rings. The lowest BCUT2D eigenvalue weighted by Gasteiger charge is -2.70. The van der Waals surface area contributed by atoms with Gasteiger partial charge in [0.1, 0.15) is 17.9 Å². The second kappa shape index (κ2) is 16.2. The predicted octanol–water partition coefficient (Wildman–Crippen LogP) is 9.56. The van der Waals surface area contributed by atoms with Crippen LogP contribution in [0.15, 0.2) is 42.0 Å². The van der Waals surface area contributed by atoms with E-state index in [0.29, 0.717) is 25.2 Å². The number of rotatable bonds is 10. The van der Waals surface area contributed by atoms with Crippen LogP contribution in [0.25, 0.3) is 6.08 Å². The van der Waals surface area contributed by atoms with Crippen molar-refractivity contribution in [3.63, 3.8) is 0 Å². The normalized spacial score (nSPS) is 37.7. The van der Waals surface area contributed by atoms with Gasteiger partial charge in [0.15, 0.2) is 5.78 Å². The van der Waals surface area contributed by atoms with Crippen LogP contribution in [0.1, 0.15) is 125 Å². The van der Waals surface area contributed by atoms with Gasteiger partial charge in [-0.25, -0.2) is 4.79 Å². The van der Waals surface area contributed by atoms with E-state index < -0.39 is 17.4 Å². The standard InChI is InChI=1S/C46H65NO7S.ClH/c1-10-52-37(49)16-13-29-11-14-30(15-12-29)53-40(51)43(5)23-22-42(4)24-25-45(7)31(32(42)28-43)27-34(48)38-44(6)20-18-36(54-39(50)33(47)19-26-55-9)41(2,3)35(44)17-21-46(38,45)8;/h11-16,27,32-33,35-36,38H,10,17-26,28,47H2,1-9H3;1H/b16-13+;/t32-,33+,35+,36+,38-,42-,43+,44+,45-,46-;/m1./s1. The van der Waals surface area contributed by atoms with Crippen LogP contribution >= 0.6 is 24.2 Å². The molecule has 5 aliphatic carbocycles. The minimum atomic E-state index is -0.700. The summed E-state index contributed by atoms with van der Waals surface area (Å²) in [5.74, 6) is 0.776. The van der Waals surface area contributed by atoms with Gasteiger partial charge in [0.05, 0.1) is 12.0 Å². The summed E-state index contributed by atoms with van der Waals surface area (Å²) in [5.41, 5.74) is 6.64. The molecule has 6 rings (SSSR count). The van der Waals surface area contributed by atoms with E-state index in [2.05, 4.69) is 41.5 Å². The Labute approximate surface area is 345 Å². The number of fused-ring (bicyclic) bond motifs is 7. The first-order chi connectivity index (χ1) is 25.8. The average molecular weight is 813 g/mol. The molecule has 4 fully saturated rings. The zero-order valence-corrected chi connectivity index (χ0v) is 36.8. The van der Waals surface area contributed by atoms with Gasteiger partial charge in [-0.15, -0.1) is 12.4 Å². The third-order valence-corrected chi connectivity index (χ3v) is 16.6. The molecule has 0 aliphatic heterocycles. The molecule has 4 saturated carbocycles. The van der Waals surface area contributed by atoms with Crippen LogP contribution < -0.4 is 10.5 Å². The number of ketones is 1. The van der Waals surface area contributed by atoms with Crippen molar-refractivity contribution in [1.82, 2.24) is 0 Å². The Morgan fingerprint density at radius 1 is 0.946 bits per heavy atom. The van der Waals surface area contributed by atoms with Crippen LogP contribution in [0.4, 0.5) is 0 Å². The Morgan fingerprint density at radius 3 is 2.29 bits per heavy atom. The van der Waals surface area contributed by atoms with Gasteiger partial charge in [-0.1, -0.05) is 59.2 Å². The maximum Gasteiger partial charge on any atom is 0.330 e. The molecule has 2 N–H and O–H groups in total. The number of carbonyl (C=O) groups is 4. The number of benzene rings is 1.